The molecule has 0 radical (unpaired) electrons. The monoisotopic (exact) mass is 399 g/mol. The highest BCUT2D eigenvalue weighted by atomic mass is 35.5. The number of halogens is 1. The van der Waals surface area contributed by atoms with Crippen LogP contribution < -0.4 is 15.2 Å². The number of anilines is 1. The van der Waals surface area contributed by atoms with Crippen LogP contribution in [0.15, 0.2) is 29.2 Å². The second-order valence-electron chi connectivity index (χ2n) is 6.11. The number of nitrogens with one attached hydrogen (secondary N) is 2. The molecule has 0 saturated carbocycles. The van der Waals surface area contributed by atoms with E-state index in [1.165, 1.54) is 24.3 Å². The summed E-state index contributed by atoms with van der Waals surface area (Å²) in [5.41, 5.74) is 5.42. The van der Waals surface area contributed by atoms with Gasteiger partial charge in [0.05, 0.1) is 10.6 Å². The van der Waals surface area contributed by atoms with E-state index in [1.807, 2.05) is 6.92 Å². The first-order valence-electron chi connectivity index (χ1n) is 7.34. The van der Waals surface area contributed by atoms with E-state index in [9.17, 15) is 16.8 Å². The van der Waals surface area contributed by atoms with Crippen LogP contribution in [-0.2, 0) is 20.0 Å². The van der Waals surface area contributed by atoms with Crippen LogP contribution in [0, 0.1) is 0 Å². The van der Waals surface area contributed by atoms with Crippen molar-refractivity contribution in [2.45, 2.75) is 44.0 Å². The fraction of sp³-hybridized carbons (Fsp3) is 0.571. The van der Waals surface area contributed by atoms with Crippen molar-refractivity contribution >= 4 is 38.1 Å². The molecular weight excluding hydrogens is 374 g/mol. The van der Waals surface area contributed by atoms with Gasteiger partial charge in [0.25, 0.3) is 0 Å². The predicted molar refractivity (Wildman–Crippen MR) is 99.5 cm³/mol. The van der Waals surface area contributed by atoms with Crippen molar-refractivity contribution in [3.63, 3.8) is 0 Å². The summed E-state index contributed by atoms with van der Waals surface area (Å²) in [5, 5.41) is 0. The number of nitrogens with two attached hydrogens (primary N) is 1. The lowest BCUT2D eigenvalue weighted by atomic mass is 10.1. The fourth-order valence-electron chi connectivity index (χ4n) is 1.63. The first-order valence-corrected chi connectivity index (χ1v) is 10.5. The maximum atomic E-state index is 12.1. The van der Waals surface area contributed by atoms with Crippen molar-refractivity contribution in [2.75, 3.05) is 17.0 Å². The maximum absolute atomic E-state index is 12.1. The molecule has 10 heteroatoms. The molecular formula is C14H26ClN3O4S2. The van der Waals surface area contributed by atoms with Gasteiger partial charge >= 0.3 is 0 Å². The third-order valence-corrected chi connectivity index (χ3v) is 5.71. The van der Waals surface area contributed by atoms with Crippen LogP contribution >= 0.6 is 12.4 Å². The summed E-state index contributed by atoms with van der Waals surface area (Å²) < 4.78 is 52.7. The summed E-state index contributed by atoms with van der Waals surface area (Å²) in [6, 6.07) is 5.55. The van der Waals surface area contributed by atoms with Gasteiger partial charge in [0.1, 0.15) is 0 Å². The van der Waals surface area contributed by atoms with Crippen molar-refractivity contribution in [2.24, 2.45) is 5.73 Å². The fourth-order valence-corrected chi connectivity index (χ4v) is 4.12. The zero-order valence-corrected chi connectivity index (χ0v) is 16.5. The second-order valence-corrected chi connectivity index (χ2v) is 9.72. The van der Waals surface area contributed by atoms with E-state index in [1.54, 1.807) is 13.8 Å². The standard InChI is InChI=1S/C14H25N3O4S2.ClH/c1-4-5-10-22(18,19)17-12-6-8-13(9-7-12)23(20,21)16-11-14(2,3)15;/h6-9,16-17H,4-5,10-11,15H2,1-3H3;1H. The molecule has 0 saturated heterocycles. The largest absolute Gasteiger partial charge is 0.324 e. The molecule has 0 spiro atoms. The van der Waals surface area contributed by atoms with E-state index >= 15 is 0 Å². The lowest BCUT2D eigenvalue weighted by Crippen LogP contribution is -2.45. The Morgan fingerprint density at radius 1 is 1.08 bits per heavy atom. The third-order valence-electron chi connectivity index (χ3n) is 2.92. The van der Waals surface area contributed by atoms with Crippen LogP contribution in [0.4, 0.5) is 5.69 Å². The van der Waals surface area contributed by atoms with E-state index in [-0.39, 0.29) is 29.6 Å². The van der Waals surface area contributed by atoms with E-state index in [4.69, 9.17) is 5.73 Å². The third kappa shape index (κ3) is 8.29. The molecule has 0 bridgehead atoms. The topological polar surface area (TPSA) is 118 Å². The average molecular weight is 400 g/mol. The number of unbranched alkanes of at least 4 members (excludes halogenated alkanes) is 1. The highest BCUT2D eigenvalue weighted by Gasteiger charge is 2.19. The summed E-state index contributed by atoms with van der Waals surface area (Å²) in [7, 11) is -7.08. The summed E-state index contributed by atoms with van der Waals surface area (Å²) in [5.74, 6) is 0.0384. The average Bonchev–Trinajstić information content (AvgIpc) is 2.43. The molecule has 1 aromatic carbocycles. The summed E-state index contributed by atoms with van der Waals surface area (Å²) in [6.45, 7) is 5.43. The van der Waals surface area contributed by atoms with Crippen molar-refractivity contribution < 1.29 is 16.8 Å². The molecule has 0 amide bonds. The zero-order chi connectivity index (χ0) is 17.7. The van der Waals surface area contributed by atoms with Crippen LogP contribution in [-0.4, -0.2) is 34.7 Å². The second kappa shape index (κ2) is 9.00. The number of rotatable bonds is 9. The minimum absolute atomic E-state index is 0. The van der Waals surface area contributed by atoms with E-state index in [2.05, 4.69) is 9.44 Å². The van der Waals surface area contributed by atoms with Gasteiger partial charge < -0.3 is 5.73 Å². The van der Waals surface area contributed by atoms with Crippen molar-refractivity contribution in [1.29, 1.82) is 0 Å². The van der Waals surface area contributed by atoms with Gasteiger partial charge in [-0.05, 0) is 44.5 Å². The molecule has 0 aliphatic carbocycles. The highest BCUT2D eigenvalue weighted by Crippen LogP contribution is 2.16. The Morgan fingerprint density at radius 2 is 1.62 bits per heavy atom. The molecule has 0 unspecified atom stereocenters. The Labute approximate surface area is 150 Å². The highest BCUT2D eigenvalue weighted by molar-refractivity contribution is 7.92. The van der Waals surface area contributed by atoms with Gasteiger partial charge in [-0.1, -0.05) is 13.3 Å². The molecule has 0 aromatic heterocycles. The molecule has 0 aliphatic rings. The zero-order valence-electron chi connectivity index (χ0n) is 14.1. The molecule has 0 aliphatic heterocycles. The first kappa shape index (κ1) is 23.1. The number of benzene rings is 1. The van der Waals surface area contributed by atoms with E-state index < -0.39 is 25.6 Å². The Balaban J connectivity index is 0.00000529. The van der Waals surface area contributed by atoms with Crippen LogP contribution in [0.1, 0.15) is 33.6 Å². The van der Waals surface area contributed by atoms with E-state index in [0.29, 0.717) is 12.1 Å². The van der Waals surface area contributed by atoms with Gasteiger partial charge in [-0.3, -0.25) is 4.72 Å². The van der Waals surface area contributed by atoms with Gasteiger partial charge in [-0.2, -0.15) is 0 Å². The Morgan fingerprint density at radius 3 is 2.08 bits per heavy atom. The lowest BCUT2D eigenvalue weighted by molar-refractivity contribution is 0.498. The molecule has 0 heterocycles. The minimum Gasteiger partial charge on any atom is -0.324 e. The molecule has 1 rings (SSSR count). The molecule has 0 atom stereocenters. The lowest BCUT2D eigenvalue weighted by Gasteiger charge is -2.19. The number of sulfonamides is 2. The SMILES string of the molecule is CCCCS(=O)(=O)Nc1ccc(S(=O)(=O)NCC(C)(C)N)cc1.Cl. The van der Waals surface area contributed by atoms with Gasteiger partial charge in [-0.15, -0.1) is 12.4 Å². The van der Waals surface area contributed by atoms with E-state index in [0.717, 1.165) is 6.42 Å². The molecule has 140 valence electrons. The number of hydrogen-bond donors (Lipinski definition) is 3. The van der Waals surface area contributed by atoms with Crippen LogP contribution in [0.25, 0.3) is 0 Å². The maximum Gasteiger partial charge on any atom is 0.240 e. The Bertz CT molecular complexity index is 711. The van der Waals surface area contributed by atoms with Gasteiger partial charge in [0.15, 0.2) is 0 Å². The van der Waals surface area contributed by atoms with Crippen molar-refractivity contribution in [3.8, 4) is 0 Å². The van der Waals surface area contributed by atoms with Crippen LogP contribution in [0.3, 0.4) is 0 Å². The predicted octanol–water partition coefficient (Wildman–Crippen LogP) is 1.67. The molecule has 0 fully saturated rings. The quantitative estimate of drug-likeness (QED) is 0.583. The summed E-state index contributed by atoms with van der Waals surface area (Å²) in [4.78, 5) is 0.0539. The van der Waals surface area contributed by atoms with Crippen molar-refractivity contribution in [1.82, 2.24) is 4.72 Å². The summed E-state index contributed by atoms with van der Waals surface area (Å²) in [6.07, 6.45) is 1.35. The Hall–Kier alpha value is -0.870. The summed E-state index contributed by atoms with van der Waals surface area (Å²) >= 11 is 0. The number of hydrogen-bond acceptors (Lipinski definition) is 5. The van der Waals surface area contributed by atoms with Gasteiger partial charge in [0.2, 0.25) is 20.0 Å². The molecule has 24 heavy (non-hydrogen) atoms. The molecule has 1 aromatic rings. The normalized spacial score (nSPS) is 12.5. The van der Waals surface area contributed by atoms with Gasteiger partial charge in [0, 0.05) is 17.8 Å². The van der Waals surface area contributed by atoms with Crippen LogP contribution in [0.5, 0.6) is 0 Å². The van der Waals surface area contributed by atoms with Crippen molar-refractivity contribution in [3.05, 3.63) is 24.3 Å². The first-order chi connectivity index (χ1) is 10.5. The van der Waals surface area contributed by atoms with Crippen LogP contribution in [0.2, 0.25) is 0 Å². The minimum atomic E-state index is -3.68. The molecule has 4 N–H and O–H groups in total. The van der Waals surface area contributed by atoms with Gasteiger partial charge in [-0.25, -0.2) is 21.6 Å². The molecule has 7 nitrogen and oxygen atoms in total. The Kier molecular flexibility index (Phi) is 8.68. The smallest absolute Gasteiger partial charge is 0.240 e.